The molecule has 2 aliphatic rings. The third-order valence-electron chi connectivity index (χ3n) is 5.97. The smallest absolute Gasteiger partial charge is 0.0271 e. The van der Waals surface area contributed by atoms with Crippen molar-refractivity contribution in [3.63, 3.8) is 0 Å². The Morgan fingerprint density at radius 2 is 1.63 bits per heavy atom. The molecule has 2 saturated carbocycles. The summed E-state index contributed by atoms with van der Waals surface area (Å²) < 4.78 is 0. The average molecular weight is 266 g/mol. The fraction of sp³-hybridized carbons (Fsp3) is 1.00. The summed E-state index contributed by atoms with van der Waals surface area (Å²) in [6.45, 7) is 7.35. The van der Waals surface area contributed by atoms with Crippen LogP contribution >= 0.6 is 0 Å². The highest BCUT2D eigenvalue weighted by Crippen LogP contribution is 2.39. The van der Waals surface area contributed by atoms with Crippen LogP contribution in [0, 0.1) is 11.3 Å². The molecular formula is C17H34N2. The van der Waals surface area contributed by atoms with Crippen molar-refractivity contribution in [3.05, 3.63) is 0 Å². The van der Waals surface area contributed by atoms with Gasteiger partial charge < -0.3 is 5.32 Å². The number of rotatable bonds is 3. The zero-order valence-corrected chi connectivity index (χ0v) is 13.7. The van der Waals surface area contributed by atoms with Gasteiger partial charge in [-0.2, -0.15) is 0 Å². The second-order valence-corrected chi connectivity index (χ2v) is 7.71. The molecule has 0 heterocycles. The van der Waals surface area contributed by atoms with Crippen molar-refractivity contribution < 1.29 is 0 Å². The number of likely N-dealkylation sites (N-methyl/N-ethyl adjacent to an activating group) is 2. The summed E-state index contributed by atoms with van der Waals surface area (Å²) in [5.41, 5.74) is 0.434. The van der Waals surface area contributed by atoms with Crippen LogP contribution in [0.15, 0.2) is 0 Å². The minimum absolute atomic E-state index is 0.434. The molecule has 0 saturated heterocycles. The summed E-state index contributed by atoms with van der Waals surface area (Å²) in [5, 5.41) is 3.64. The van der Waals surface area contributed by atoms with Crippen molar-refractivity contribution in [1.82, 2.24) is 10.2 Å². The fourth-order valence-corrected chi connectivity index (χ4v) is 4.78. The Labute approximate surface area is 120 Å². The van der Waals surface area contributed by atoms with Crippen LogP contribution in [0.5, 0.6) is 0 Å². The first-order chi connectivity index (χ1) is 8.97. The molecule has 0 radical (unpaired) electrons. The van der Waals surface area contributed by atoms with Gasteiger partial charge in [-0.25, -0.2) is 0 Å². The molecule has 0 aromatic carbocycles. The van der Waals surface area contributed by atoms with Crippen LogP contribution in [0.2, 0.25) is 0 Å². The SMILES string of the molecule is CNC1C(N(C)C2CCCCC2C)CCCC1(C)C. The number of hydrogen-bond donors (Lipinski definition) is 1. The molecule has 2 heteroatoms. The number of hydrogen-bond acceptors (Lipinski definition) is 2. The largest absolute Gasteiger partial charge is 0.315 e. The predicted molar refractivity (Wildman–Crippen MR) is 83.5 cm³/mol. The summed E-state index contributed by atoms with van der Waals surface area (Å²) in [4.78, 5) is 2.74. The molecule has 2 aliphatic carbocycles. The lowest BCUT2D eigenvalue weighted by Gasteiger charge is -2.51. The lowest BCUT2D eigenvalue weighted by atomic mass is 9.69. The van der Waals surface area contributed by atoms with E-state index in [0.717, 1.165) is 18.0 Å². The Hall–Kier alpha value is -0.0800. The highest BCUT2D eigenvalue weighted by molar-refractivity contribution is 4.99. The van der Waals surface area contributed by atoms with Crippen molar-refractivity contribution in [2.75, 3.05) is 14.1 Å². The molecule has 2 fully saturated rings. The summed E-state index contributed by atoms with van der Waals surface area (Å²) in [6.07, 6.45) is 9.83. The van der Waals surface area contributed by atoms with Crippen molar-refractivity contribution in [1.29, 1.82) is 0 Å². The third kappa shape index (κ3) is 3.16. The van der Waals surface area contributed by atoms with Crippen LogP contribution in [0.1, 0.15) is 65.7 Å². The summed E-state index contributed by atoms with van der Waals surface area (Å²) in [6, 6.07) is 2.17. The maximum absolute atomic E-state index is 3.64. The van der Waals surface area contributed by atoms with Crippen LogP contribution in [0.4, 0.5) is 0 Å². The van der Waals surface area contributed by atoms with Gasteiger partial charge in [0.15, 0.2) is 0 Å². The Morgan fingerprint density at radius 1 is 1.00 bits per heavy atom. The van der Waals surface area contributed by atoms with E-state index in [9.17, 15) is 0 Å². The van der Waals surface area contributed by atoms with Crippen molar-refractivity contribution in [3.8, 4) is 0 Å². The fourth-order valence-electron chi connectivity index (χ4n) is 4.78. The van der Waals surface area contributed by atoms with E-state index >= 15 is 0 Å². The van der Waals surface area contributed by atoms with Gasteiger partial charge in [-0.15, -0.1) is 0 Å². The Bertz CT molecular complexity index is 287. The molecule has 0 aromatic heterocycles. The minimum Gasteiger partial charge on any atom is -0.315 e. The molecule has 112 valence electrons. The summed E-state index contributed by atoms with van der Waals surface area (Å²) >= 11 is 0. The number of nitrogens with zero attached hydrogens (tertiary/aromatic N) is 1. The lowest BCUT2D eigenvalue weighted by Crippen LogP contribution is -2.60. The lowest BCUT2D eigenvalue weighted by molar-refractivity contribution is 0.0170. The first-order valence-electron chi connectivity index (χ1n) is 8.36. The second kappa shape index (κ2) is 6.13. The first-order valence-corrected chi connectivity index (χ1v) is 8.36. The predicted octanol–water partition coefficient (Wildman–Crippen LogP) is 3.66. The van der Waals surface area contributed by atoms with Gasteiger partial charge in [-0.1, -0.05) is 40.0 Å². The van der Waals surface area contributed by atoms with Gasteiger partial charge in [0.2, 0.25) is 0 Å². The van der Waals surface area contributed by atoms with Crippen molar-refractivity contribution in [2.24, 2.45) is 11.3 Å². The summed E-state index contributed by atoms with van der Waals surface area (Å²) in [5.74, 6) is 0.876. The standard InChI is InChI=1S/C17H34N2/c1-13-9-6-7-10-14(13)19(5)15-11-8-12-17(2,3)16(15)18-4/h13-16,18H,6-12H2,1-5H3. The van der Waals surface area contributed by atoms with E-state index in [0.29, 0.717) is 11.5 Å². The highest BCUT2D eigenvalue weighted by atomic mass is 15.2. The van der Waals surface area contributed by atoms with Gasteiger partial charge in [0.05, 0.1) is 0 Å². The van der Waals surface area contributed by atoms with Crippen molar-refractivity contribution >= 4 is 0 Å². The van der Waals surface area contributed by atoms with E-state index in [-0.39, 0.29) is 0 Å². The first kappa shape index (κ1) is 15.3. The van der Waals surface area contributed by atoms with Crippen LogP contribution in [0.3, 0.4) is 0 Å². The van der Waals surface area contributed by atoms with Crippen molar-refractivity contribution in [2.45, 2.75) is 83.8 Å². The zero-order chi connectivity index (χ0) is 14.0. The van der Waals surface area contributed by atoms with Crippen LogP contribution in [-0.4, -0.2) is 37.1 Å². The molecule has 4 unspecified atom stereocenters. The molecular weight excluding hydrogens is 232 g/mol. The van der Waals surface area contributed by atoms with Gasteiger partial charge in [0, 0.05) is 18.1 Å². The zero-order valence-electron chi connectivity index (χ0n) is 13.7. The number of nitrogens with one attached hydrogen (secondary N) is 1. The van der Waals surface area contributed by atoms with Gasteiger partial charge >= 0.3 is 0 Å². The monoisotopic (exact) mass is 266 g/mol. The van der Waals surface area contributed by atoms with E-state index < -0.39 is 0 Å². The molecule has 4 atom stereocenters. The molecule has 19 heavy (non-hydrogen) atoms. The van der Waals surface area contributed by atoms with E-state index in [1.54, 1.807) is 0 Å². The average Bonchev–Trinajstić information content (AvgIpc) is 2.37. The van der Waals surface area contributed by atoms with E-state index in [1.807, 2.05) is 0 Å². The molecule has 0 aliphatic heterocycles. The molecule has 2 nitrogen and oxygen atoms in total. The van der Waals surface area contributed by atoms with Gasteiger partial charge in [-0.05, 0) is 51.1 Å². The van der Waals surface area contributed by atoms with Crippen LogP contribution in [0.25, 0.3) is 0 Å². The Balaban J connectivity index is 2.09. The normalized spacial score (nSPS) is 39.5. The molecule has 0 amide bonds. The van der Waals surface area contributed by atoms with E-state index in [4.69, 9.17) is 0 Å². The van der Waals surface area contributed by atoms with Gasteiger partial charge in [-0.3, -0.25) is 4.90 Å². The molecule has 0 aromatic rings. The maximum Gasteiger partial charge on any atom is 0.0271 e. The quantitative estimate of drug-likeness (QED) is 0.838. The molecule has 1 N–H and O–H groups in total. The molecule has 2 rings (SSSR count). The minimum atomic E-state index is 0.434. The van der Waals surface area contributed by atoms with Gasteiger partial charge in [0.25, 0.3) is 0 Å². The highest BCUT2D eigenvalue weighted by Gasteiger charge is 2.42. The van der Waals surface area contributed by atoms with Gasteiger partial charge in [0.1, 0.15) is 0 Å². The van der Waals surface area contributed by atoms with Crippen LogP contribution < -0.4 is 5.32 Å². The maximum atomic E-state index is 3.64. The second-order valence-electron chi connectivity index (χ2n) is 7.71. The topological polar surface area (TPSA) is 15.3 Å². The Kier molecular flexibility index (Phi) is 4.94. The van der Waals surface area contributed by atoms with E-state index in [2.05, 4.69) is 45.1 Å². The Morgan fingerprint density at radius 3 is 2.26 bits per heavy atom. The third-order valence-corrected chi connectivity index (χ3v) is 5.97. The van der Waals surface area contributed by atoms with Crippen LogP contribution in [-0.2, 0) is 0 Å². The molecule has 0 spiro atoms. The molecule has 0 bridgehead atoms. The summed E-state index contributed by atoms with van der Waals surface area (Å²) in [7, 11) is 4.55. The van der Waals surface area contributed by atoms with E-state index in [1.165, 1.54) is 44.9 Å².